The molecule has 0 aromatic heterocycles. The Morgan fingerprint density at radius 1 is 1.12 bits per heavy atom. The van der Waals surface area contributed by atoms with Gasteiger partial charge in [-0.3, -0.25) is 9.59 Å². The molecule has 6 nitrogen and oxygen atoms in total. The first-order valence-corrected chi connectivity index (χ1v) is 7.79. The lowest BCUT2D eigenvalue weighted by molar-refractivity contribution is -0.187. The Balaban J connectivity index is 1.52. The predicted octanol–water partition coefficient (Wildman–Crippen LogP) is 1.66. The molecule has 130 valence electrons. The normalized spacial score (nSPS) is 19.5. The molecule has 1 spiro atoms. The largest absolute Gasteiger partial charge is 0.347 e. The number of benzene rings is 1. The van der Waals surface area contributed by atoms with Gasteiger partial charge in [-0.1, -0.05) is 6.07 Å². The van der Waals surface area contributed by atoms with Gasteiger partial charge in [-0.2, -0.15) is 0 Å². The summed E-state index contributed by atoms with van der Waals surface area (Å²) < 4.78 is 38.1. The number of rotatable bonds is 3. The summed E-state index contributed by atoms with van der Waals surface area (Å²) in [7, 11) is 0. The number of carbonyl (C=O) groups is 2. The Morgan fingerprint density at radius 3 is 2.29 bits per heavy atom. The molecular weight excluding hydrogens is 322 g/mol. The summed E-state index contributed by atoms with van der Waals surface area (Å²) >= 11 is 0. The van der Waals surface area contributed by atoms with E-state index in [0.29, 0.717) is 39.1 Å². The fraction of sp³-hybridized carbons (Fsp3) is 0.500. The van der Waals surface area contributed by atoms with Crippen LogP contribution in [-0.2, 0) is 19.1 Å². The van der Waals surface area contributed by atoms with Crippen molar-refractivity contribution < 1.29 is 27.8 Å². The maximum Gasteiger partial charge on any atom is 0.233 e. The van der Waals surface area contributed by atoms with Crippen molar-refractivity contribution in [3.05, 3.63) is 29.8 Å². The molecule has 8 heteroatoms. The van der Waals surface area contributed by atoms with E-state index in [0.717, 1.165) is 12.1 Å². The number of nitrogens with one attached hydrogen (secondary N) is 1. The first kappa shape index (κ1) is 16.8. The van der Waals surface area contributed by atoms with Crippen LogP contribution >= 0.6 is 0 Å². The van der Waals surface area contributed by atoms with E-state index in [1.807, 2.05) is 0 Å². The zero-order valence-electron chi connectivity index (χ0n) is 13.0. The number of hydrogen-bond donors (Lipinski definition) is 1. The van der Waals surface area contributed by atoms with E-state index in [1.54, 1.807) is 0 Å². The number of piperidine rings is 1. The number of nitrogens with zero attached hydrogens (tertiary/aromatic N) is 1. The molecule has 0 radical (unpaired) electrons. The van der Waals surface area contributed by atoms with E-state index >= 15 is 0 Å². The second-order valence-corrected chi connectivity index (χ2v) is 5.81. The minimum Gasteiger partial charge on any atom is -0.347 e. The van der Waals surface area contributed by atoms with Gasteiger partial charge in [0.2, 0.25) is 11.8 Å². The summed E-state index contributed by atoms with van der Waals surface area (Å²) in [4.78, 5) is 25.6. The van der Waals surface area contributed by atoms with Gasteiger partial charge in [-0.25, -0.2) is 8.78 Å². The molecule has 1 aromatic carbocycles. The van der Waals surface area contributed by atoms with Crippen LogP contribution in [0.5, 0.6) is 0 Å². The Hall–Kier alpha value is -2.06. The Morgan fingerprint density at radius 2 is 1.71 bits per heavy atom. The Kier molecular flexibility index (Phi) is 4.77. The highest BCUT2D eigenvalue weighted by Gasteiger charge is 2.40. The SMILES string of the molecule is O=C(CC(=O)N1CCC2(CC1)OCCO2)Nc1c(F)cccc1F. The number of ether oxygens (including phenoxy) is 2. The minimum absolute atomic E-state index is 0.392. The topological polar surface area (TPSA) is 67.9 Å². The first-order valence-electron chi connectivity index (χ1n) is 7.79. The highest BCUT2D eigenvalue weighted by Crippen LogP contribution is 2.31. The fourth-order valence-corrected chi connectivity index (χ4v) is 2.93. The van der Waals surface area contributed by atoms with Crippen molar-refractivity contribution in [1.82, 2.24) is 4.90 Å². The predicted molar refractivity (Wildman–Crippen MR) is 80.1 cm³/mol. The molecule has 2 heterocycles. The molecule has 1 N–H and O–H groups in total. The lowest BCUT2D eigenvalue weighted by Crippen LogP contribution is -2.47. The van der Waals surface area contributed by atoms with Gasteiger partial charge in [0.1, 0.15) is 23.7 Å². The number of likely N-dealkylation sites (tertiary alicyclic amines) is 1. The van der Waals surface area contributed by atoms with Crippen molar-refractivity contribution in [2.24, 2.45) is 0 Å². The van der Waals surface area contributed by atoms with Crippen LogP contribution in [0.2, 0.25) is 0 Å². The fourth-order valence-electron chi connectivity index (χ4n) is 2.93. The highest BCUT2D eigenvalue weighted by atomic mass is 19.1. The second-order valence-electron chi connectivity index (χ2n) is 5.81. The lowest BCUT2D eigenvalue weighted by Gasteiger charge is -2.37. The van der Waals surface area contributed by atoms with E-state index in [4.69, 9.17) is 9.47 Å². The quantitative estimate of drug-likeness (QED) is 0.850. The highest BCUT2D eigenvalue weighted by molar-refractivity contribution is 6.03. The van der Waals surface area contributed by atoms with Crippen LogP contribution in [0.3, 0.4) is 0 Å². The van der Waals surface area contributed by atoms with Crippen LogP contribution in [0.15, 0.2) is 18.2 Å². The molecule has 2 saturated heterocycles. The van der Waals surface area contributed by atoms with Gasteiger partial charge in [0.25, 0.3) is 0 Å². The third-order valence-electron chi connectivity index (χ3n) is 4.23. The maximum absolute atomic E-state index is 13.5. The van der Waals surface area contributed by atoms with E-state index in [-0.39, 0.29) is 0 Å². The molecule has 2 amide bonds. The van der Waals surface area contributed by atoms with Gasteiger partial charge in [0.05, 0.1) is 13.2 Å². The molecule has 0 saturated carbocycles. The van der Waals surface area contributed by atoms with Crippen LogP contribution in [-0.4, -0.2) is 48.8 Å². The summed E-state index contributed by atoms with van der Waals surface area (Å²) in [5.41, 5.74) is -0.541. The molecule has 2 aliphatic heterocycles. The molecular formula is C16H18F2N2O4. The average molecular weight is 340 g/mol. The van der Waals surface area contributed by atoms with E-state index in [2.05, 4.69) is 5.32 Å². The maximum atomic E-state index is 13.5. The number of hydrogen-bond acceptors (Lipinski definition) is 4. The van der Waals surface area contributed by atoms with Gasteiger partial charge in [0, 0.05) is 25.9 Å². The number of halogens is 2. The third-order valence-corrected chi connectivity index (χ3v) is 4.23. The average Bonchev–Trinajstić information content (AvgIpc) is 3.00. The zero-order chi connectivity index (χ0) is 17.2. The van der Waals surface area contributed by atoms with Gasteiger partial charge < -0.3 is 19.7 Å². The van der Waals surface area contributed by atoms with E-state index in [9.17, 15) is 18.4 Å². The summed E-state index contributed by atoms with van der Waals surface area (Å²) in [5, 5.41) is 2.11. The molecule has 24 heavy (non-hydrogen) atoms. The zero-order valence-corrected chi connectivity index (χ0v) is 13.0. The van der Waals surface area contributed by atoms with Gasteiger partial charge >= 0.3 is 0 Å². The van der Waals surface area contributed by atoms with Gasteiger partial charge in [-0.05, 0) is 12.1 Å². The van der Waals surface area contributed by atoms with Crippen molar-refractivity contribution in [2.45, 2.75) is 25.0 Å². The molecule has 0 bridgehead atoms. The van der Waals surface area contributed by atoms with Crippen molar-refractivity contribution in [1.29, 1.82) is 0 Å². The standard InChI is InChI=1S/C16H18F2N2O4/c17-11-2-1-3-12(18)15(11)19-13(21)10-14(22)20-6-4-16(5-7-20)23-8-9-24-16/h1-3H,4-10H2,(H,19,21). The molecule has 0 atom stereocenters. The van der Waals surface area contributed by atoms with E-state index < -0.39 is 41.3 Å². The summed E-state index contributed by atoms with van der Waals surface area (Å²) in [6.45, 7) is 1.93. The molecule has 1 aromatic rings. The smallest absolute Gasteiger partial charge is 0.233 e. The number of carbonyl (C=O) groups excluding carboxylic acids is 2. The Bertz CT molecular complexity index is 617. The van der Waals surface area contributed by atoms with Crippen molar-refractivity contribution in [3.8, 4) is 0 Å². The third kappa shape index (κ3) is 3.54. The van der Waals surface area contributed by atoms with Crippen molar-refractivity contribution >= 4 is 17.5 Å². The second kappa shape index (κ2) is 6.82. The van der Waals surface area contributed by atoms with Crippen LogP contribution in [0, 0.1) is 11.6 Å². The minimum atomic E-state index is -0.883. The molecule has 0 unspecified atom stereocenters. The van der Waals surface area contributed by atoms with Crippen LogP contribution < -0.4 is 5.32 Å². The molecule has 2 fully saturated rings. The summed E-state index contributed by atoms with van der Waals surface area (Å²) in [5.74, 6) is -3.51. The van der Waals surface area contributed by atoms with Crippen LogP contribution in [0.25, 0.3) is 0 Å². The van der Waals surface area contributed by atoms with Crippen LogP contribution in [0.1, 0.15) is 19.3 Å². The molecule has 0 aliphatic carbocycles. The number of amides is 2. The van der Waals surface area contributed by atoms with Gasteiger partial charge in [-0.15, -0.1) is 0 Å². The number of para-hydroxylation sites is 1. The monoisotopic (exact) mass is 340 g/mol. The summed E-state index contributed by atoms with van der Waals surface area (Å²) in [6.07, 6.45) is 0.618. The summed E-state index contributed by atoms with van der Waals surface area (Å²) in [6, 6.07) is 3.26. The Labute approximate surface area is 137 Å². The molecule has 2 aliphatic rings. The lowest BCUT2D eigenvalue weighted by atomic mass is 10.0. The van der Waals surface area contributed by atoms with Crippen molar-refractivity contribution in [3.63, 3.8) is 0 Å². The van der Waals surface area contributed by atoms with Crippen molar-refractivity contribution in [2.75, 3.05) is 31.6 Å². The molecule has 3 rings (SSSR count). The van der Waals surface area contributed by atoms with Crippen LogP contribution in [0.4, 0.5) is 14.5 Å². The van der Waals surface area contributed by atoms with Gasteiger partial charge in [0.15, 0.2) is 5.79 Å². The van der Waals surface area contributed by atoms with E-state index in [1.165, 1.54) is 11.0 Å². The number of anilines is 1. The first-order chi connectivity index (χ1) is 11.5.